The van der Waals surface area contributed by atoms with Gasteiger partial charge in [-0.1, -0.05) is 13.3 Å². The smallest absolute Gasteiger partial charge is 0.317 e. The standard InChI is InChI=1S/C8H15FO2S/c1-2-3-5-8(10)11-12-7-4-6-9/h2-7H2,1H3. The molecule has 0 aromatic rings. The third kappa shape index (κ3) is 7.85. The summed E-state index contributed by atoms with van der Waals surface area (Å²) in [6.45, 7) is 1.67. The van der Waals surface area contributed by atoms with Gasteiger partial charge in [-0.15, -0.1) is 0 Å². The van der Waals surface area contributed by atoms with Crippen LogP contribution in [-0.4, -0.2) is 18.4 Å². The molecule has 0 heterocycles. The Bertz CT molecular complexity index is 120. The molecular formula is C8H15FO2S. The van der Waals surface area contributed by atoms with Gasteiger partial charge in [-0.25, -0.2) is 0 Å². The van der Waals surface area contributed by atoms with E-state index in [0.717, 1.165) is 24.9 Å². The predicted octanol–water partition coefficient (Wildman–Crippen LogP) is 2.73. The van der Waals surface area contributed by atoms with Gasteiger partial charge >= 0.3 is 5.97 Å². The molecule has 0 spiro atoms. The van der Waals surface area contributed by atoms with Crippen LogP contribution in [0.25, 0.3) is 0 Å². The number of carbonyl (C=O) groups excluding carboxylic acids is 1. The van der Waals surface area contributed by atoms with Crippen LogP contribution in [0.2, 0.25) is 0 Å². The van der Waals surface area contributed by atoms with Gasteiger partial charge in [-0.3, -0.25) is 9.18 Å². The van der Waals surface area contributed by atoms with Crippen molar-refractivity contribution >= 4 is 18.0 Å². The number of halogens is 1. The summed E-state index contributed by atoms with van der Waals surface area (Å²) < 4.78 is 16.3. The topological polar surface area (TPSA) is 26.3 Å². The largest absolute Gasteiger partial charge is 0.391 e. The van der Waals surface area contributed by atoms with E-state index in [0.29, 0.717) is 18.6 Å². The lowest BCUT2D eigenvalue weighted by Crippen LogP contribution is -1.98. The fraction of sp³-hybridized carbons (Fsp3) is 0.875. The summed E-state index contributed by atoms with van der Waals surface area (Å²) in [6.07, 6.45) is 2.78. The molecule has 0 N–H and O–H groups in total. The van der Waals surface area contributed by atoms with Gasteiger partial charge in [0.1, 0.15) is 0 Å². The maximum atomic E-state index is 11.6. The first-order valence-corrected chi connectivity index (χ1v) is 5.10. The third-order valence-electron chi connectivity index (χ3n) is 1.25. The van der Waals surface area contributed by atoms with Crippen LogP contribution in [0.1, 0.15) is 32.6 Å². The van der Waals surface area contributed by atoms with Crippen molar-refractivity contribution in [3.05, 3.63) is 0 Å². The highest BCUT2D eigenvalue weighted by Gasteiger charge is 2.01. The fourth-order valence-electron chi connectivity index (χ4n) is 0.584. The lowest BCUT2D eigenvalue weighted by atomic mass is 10.3. The average molecular weight is 194 g/mol. The van der Waals surface area contributed by atoms with Gasteiger partial charge < -0.3 is 4.18 Å². The van der Waals surface area contributed by atoms with Crippen molar-refractivity contribution in [2.45, 2.75) is 32.6 Å². The van der Waals surface area contributed by atoms with Crippen molar-refractivity contribution in [2.24, 2.45) is 0 Å². The summed E-state index contributed by atoms with van der Waals surface area (Å²) in [4.78, 5) is 10.8. The van der Waals surface area contributed by atoms with Gasteiger partial charge in [0.2, 0.25) is 0 Å². The van der Waals surface area contributed by atoms with E-state index in [-0.39, 0.29) is 12.6 Å². The van der Waals surface area contributed by atoms with Crippen LogP contribution >= 0.6 is 12.0 Å². The summed E-state index contributed by atoms with van der Waals surface area (Å²) in [7, 11) is 0. The molecule has 0 aliphatic heterocycles. The van der Waals surface area contributed by atoms with Gasteiger partial charge in [0.05, 0.1) is 18.7 Å². The summed E-state index contributed by atoms with van der Waals surface area (Å²) in [5, 5.41) is 0. The molecule has 0 saturated carbocycles. The number of carbonyl (C=O) groups is 1. The minimum Gasteiger partial charge on any atom is -0.391 e. The van der Waals surface area contributed by atoms with Gasteiger partial charge in [0.25, 0.3) is 0 Å². The maximum absolute atomic E-state index is 11.6. The number of hydrogen-bond acceptors (Lipinski definition) is 3. The molecular weight excluding hydrogens is 179 g/mol. The zero-order chi connectivity index (χ0) is 9.23. The van der Waals surface area contributed by atoms with Crippen molar-refractivity contribution in [1.82, 2.24) is 0 Å². The van der Waals surface area contributed by atoms with E-state index in [1.807, 2.05) is 6.92 Å². The Morgan fingerprint density at radius 3 is 2.83 bits per heavy atom. The van der Waals surface area contributed by atoms with E-state index >= 15 is 0 Å². The second-order valence-corrected chi connectivity index (χ2v) is 3.23. The molecule has 12 heavy (non-hydrogen) atoms. The van der Waals surface area contributed by atoms with Gasteiger partial charge in [-0.2, -0.15) is 0 Å². The van der Waals surface area contributed by atoms with Crippen molar-refractivity contribution in [2.75, 3.05) is 12.4 Å². The van der Waals surface area contributed by atoms with E-state index in [1.165, 1.54) is 0 Å². The van der Waals surface area contributed by atoms with E-state index in [4.69, 9.17) is 4.18 Å². The van der Waals surface area contributed by atoms with Crippen LogP contribution in [-0.2, 0) is 8.98 Å². The lowest BCUT2D eigenvalue weighted by Gasteiger charge is -2.00. The average Bonchev–Trinajstić information content (AvgIpc) is 2.09. The quantitative estimate of drug-likeness (QED) is 0.460. The van der Waals surface area contributed by atoms with Crippen LogP contribution in [0, 0.1) is 0 Å². The normalized spacial score (nSPS) is 9.83. The van der Waals surface area contributed by atoms with Gasteiger partial charge in [0, 0.05) is 12.2 Å². The monoisotopic (exact) mass is 194 g/mol. The van der Waals surface area contributed by atoms with Crippen LogP contribution in [0.15, 0.2) is 0 Å². The number of unbranched alkanes of at least 4 members (excludes halogenated alkanes) is 1. The maximum Gasteiger partial charge on any atom is 0.317 e. The molecule has 0 saturated heterocycles. The number of rotatable bonds is 7. The first kappa shape index (κ1) is 11.8. The van der Waals surface area contributed by atoms with Crippen molar-refractivity contribution < 1.29 is 13.4 Å². The highest BCUT2D eigenvalue weighted by molar-refractivity contribution is 7.95. The minimum absolute atomic E-state index is 0.194. The van der Waals surface area contributed by atoms with Crippen molar-refractivity contribution in [3.63, 3.8) is 0 Å². The SMILES string of the molecule is CCCCC(=O)OSCCCF. The van der Waals surface area contributed by atoms with Crippen molar-refractivity contribution in [3.8, 4) is 0 Å². The Hall–Kier alpha value is -0.250. The molecule has 0 aliphatic carbocycles. The lowest BCUT2D eigenvalue weighted by molar-refractivity contribution is -0.133. The predicted molar refractivity (Wildman–Crippen MR) is 48.7 cm³/mol. The molecule has 0 aromatic carbocycles. The number of hydrogen-bond donors (Lipinski definition) is 0. The molecule has 72 valence electrons. The Morgan fingerprint density at radius 1 is 1.50 bits per heavy atom. The third-order valence-corrected chi connectivity index (χ3v) is 2.01. The second-order valence-electron chi connectivity index (χ2n) is 2.42. The fourth-order valence-corrected chi connectivity index (χ4v) is 1.11. The van der Waals surface area contributed by atoms with Crippen LogP contribution in [0.5, 0.6) is 0 Å². The molecule has 2 nitrogen and oxygen atoms in total. The molecule has 0 aliphatic rings. The molecule has 0 amide bonds. The minimum atomic E-state index is -0.348. The first-order valence-electron chi connectivity index (χ1n) is 4.19. The summed E-state index contributed by atoms with van der Waals surface area (Å²) in [5.41, 5.74) is 0. The van der Waals surface area contributed by atoms with Crippen LogP contribution in [0.4, 0.5) is 4.39 Å². The van der Waals surface area contributed by atoms with Crippen LogP contribution in [0.3, 0.4) is 0 Å². The highest BCUT2D eigenvalue weighted by atomic mass is 32.2. The molecule has 4 heteroatoms. The van der Waals surface area contributed by atoms with Crippen LogP contribution < -0.4 is 0 Å². The molecule has 0 aromatic heterocycles. The Balaban J connectivity index is 3.08. The second kappa shape index (κ2) is 8.84. The molecule has 0 radical (unpaired) electrons. The molecule has 0 rings (SSSR count). The van der Waals surface area contributed by atoms with E-state index in [2.05, 4.69) is 0 Å². The molecule has 0 fully saturated rings. The van der Waals surface area contributed by atoms with Crippen molar-refractivity contribution in [1.29, 1.82) is 0 Å². The first-order chi connectivity index (χ1) is 5.81. The summed E-state index contributed by atoms with van der Waals surface area (Å²) >= 11 is 1.05. The summed E-state index contributed by atoms with van der Waals surface area (Å²) in [5.74, 6) is 0.356. The zero-order valence-corrected chi connectivity index (χ0v) is 8.16. The van der Waals surface area contributed by atoms with Gasteiger partial charge in [-0.05, 0) is 12.8 Å². The van der Waals surface area contributed by atoms with Gasteiger partial charge in [0.15, 0.2) is 0 Å². The Kier molecular flexibility index (Phi) is 8.66. The number of alkyl halides is 1. The Morgan fingerprint density at radius 2 is 2.25 bits per heavy atom. The zero-order valence-electron chi connectivity index (χ0n) is 7.35. The van der Waals surface area contributed by atoms with E-state index in [1.54, 1.807) is 0 Å². The molecule has 0 unspecified atom stereocenters. The Labute approximate surface area is 77.1 Å². The molecule has 0 atom stereocenters. The van der Waals surface area contributed by atoms with E-state index in [9.17, 15) is 9.18 Å². The summed E-state index contributed by atoms with van der Waals surface area (Å²) in [6, 6.07) is 0. The van der Waals surface area contributed by atoms with E-state index < -0.39 is 0 Å². The highest BCUT2D eigenvalue weighted by Crippen LogP contribution is 2.08. The molecule has 0 bridgehead atoms.